The van der Waals surface area contributed by atoms with Gasteiger partial charge in [-0.25, -0.2) is 4.79 Å². The zero-order valence-electron chi connectivity index (χ0n) is 19.0. The molecule has 0 spiro atoms. The Labute approximate surface area is 220 Å². The summed E-state index contributed by atoms with van der Waals surface area (Å²) in [4.78, 5) is 11.2. The zero-order chi connectivity index (χ0) is 26.3. The Kier molecular flexibility index (Phi) is 9.64. The maximum atomic E-state index is 11.1. The van der Waals surface area contributed by atoms with Gasteiger partial charge in [-0.2, -0.15) is 13.2 Å². The van der Waals surface area contributed by atoms with Crippen molar-refractivity contribution in [2.45, 2.75) is 31.7 Å². The average molecular weight is 587 g/mol. The van der Waals surface area contributed by atoms with E-state index in [4.69, 9.17) is 26.2 Å². The number of alkyl halides is 3. The molecule has 1 aliphatic rings. The van der Waals surface area contributed by atoms with Gasteiger partial charge in [0.05, 0.1) is 0 Å². The Balaban J connectivity index is 0.000000454. The third-order valence-electron chi connectivity index (χ3n) is 5.48. The second-order valence-electron chi connectivity index (χ2n) is 8.09. The maximum absolute atomic E-state index is 11.1. The number of fused-ring (bicyclic) bond motifs is 1. The van der Waals surface area contributed by atoms with Crippen LogP contribution in [-0.4, -0.2) is 35.4 Å². The van der Waals surface area contributed by atoms with Crippen molar-refractivity contribution in [3.63, 3.8) is 0 Å². The molecule has 1 heterocycles. The first-order chi connectivity index (χ1) is 17.0. The largest absolute Gasteiger partial charge is 0.490 e. The van der Waals surface area contributed by atoms with Gasteiger partial charge in [0.1, 0.15) is 18.5 Å². The van der Waals surface area contributed by atoms with Gasteiger partial charge in [-0.3, -0.25) is 0 Å². The van der Waals surface area contributed by atoms with Crippen molar-refractivity contribution in [3.05, 3.63) is 92.9 Å². The van der Waals surface area contributed by atoms with Crippen LogP contribution >= 0.6 is 27.5 Å². The molecule has 3 aromatic carbocycles. The number of benzene rings is 3. The summed E-state index contributed by atoms with van der Waals surface area (Å²) in [6, 6.07) is 21.8. The fourth-order valence-electron chi connectivity index (χ4n) is 3.76. The average Bonchev–Trinajstić information content (AvgIpc) is 2.84. The lowest BCUT2D eigenvalue weighted by molar-refractivity contribution is -0.192. The van der Waals surface area contributed by atoms with Gasteiger partial charge in [-0.05, 0) is 60.4 Å². The predicted molar refractivity (Wildman–Crippen MR) is 136 cm³/mol. The molecule has 10 heteroatoms. The molecule has 0 bridgehead atoms. The summed E-state index contributed by atoms with van der Waals surface area (Å²) in [6.45, 7) is 1.90. The van der Waals surface area contributed by atoms with Gasteiger partial charge in [-0.15, -0.1) is 0 Å². The SMILES string of the molecule is O=C(O)C(F)(F)F.OC(CN1CCCc2ccccc21)c1cc(Br)ccc1OCc1ccc(Cl)cc1. The van der Waals surface area contributed by atoms with Crippen LogP contribution in [0.3, 0.4) is 0 Å². The molecule has 1 atom stereocenters. The van der Waals surface area contributed by atoms with Crippen molar-refractivity contribution in [1.82, 2.24) is 0 Å². The Morgan fingerprint density at radius 1 is 1.11 bits per heavy atom. The minimum Gasteiger partial charge on any atom is -0.489 e. The minimum absolute atomic E-state index is 0.422. The number of carboxylic acids is 1. The van der Waals surface area contributed by atoms with E-state index in [1.54, 1.807) is 0 Å². The molecule has 0 fully saturated rings. The van der Waals surface area contributed by atoms with Crippen LogP contribution < -0.4 is 9.64 Å². The highest BCUT2D eigenvalue weighted by atomic mass is 79.9. The van der Waals surface area contributed by atoms with Crippen LogP contribution in [0.1, 0.15) is 29.2 Å². The molecule has 1 unspecified atom stereocenters. The van der Waals surface area contributed by atoms with Crippen LogP contribution in [0, 0.1) is 0 Å². The number of aryl methyl sites for hydroxylation is 1. The van der Waals surface area contributed by atoms with Crippen molar-refractivity contribution in [2.24, 2.45) is 0 Å². The van der Waals surface area contributed by atoms with Crippen LogP contribution in [0.2, 0.25) is 5.02 Å². The smallest absolute Gasteiger partial charge is 0.489 e. The van der Waals surface area contributed by atoms with Crippen molar-refractivity contribution in [3.8, 4) is 5.75 Å². The number of ether oxygens (including phenoxy) is 1. The first-order valence-corrected chi connectivity index (χ1v) is 12.2. The number of nitrogens with zero attached hydrogens (tertiary/aromatic N) is 1. The fraction of sp³-hybridized carbons (Fsp3) is 0.269. The number of hydrogen-bond donors (Lipinski definition) is 2. The molecule has 4 rings (SSSR count). The Hall–Kier alpha value is -2.75. The van der Waals surface area contributed by atoms with E-state index in [-0.39, 0.29) is 0 Å². The summed E-state index contributed by atoms with van der Waals surface area (Å²) < 4.78 is 38.7. The number of rotatable bonds is 6. The first-order valence-electron chi connectivity index (χ1n) is 11.0. The molecule has 1 aliphatic heterocycles. The summed E-state index contributed by atoms with van der Waals surface area (Å²) in [5.74, 6) is -2.06. The van der Waals surface area contributed by atoms with Gasteiger partial charge < -0.3 is 19.8 Å². The Morgan fingerprint density at radius 3 is 2.44 bits per heavy atom. The lowest BCUT2D eigenvalue weighted by atomic mass is 10.0. The van der Waals surface area contributed by atoms with E-state index in [1.165, 1.54) is 11.3 Å². The van der Waals surface area contributed by atoms with Gasteiger partial charge in [0.25, 0.3) is 0 Å². The summed E-state index contributed by atoms with van der Waals surface area (Å²) >= 11 is 9.48. The molecule has 0 saturated carbocycles. The standard InChI is InChI=1S/C24H23BrClNO2.C2HF3O2/c25-19-9-12-24(29-16-17-7-10-20(26)11-8-17)21(14-19)23(28)15-27-13-3-5-18-4-1-2-6-22(18)27;3-2(4,5)1(6)7/h1-2,4,6-12,14,23,28H,3,5,13,15-16H2;(H,6,7). The number of hydrogen-bond acceptors (Lipinski definition) is 4. The number of carboxylic acid groups (broad SMARTS) is 1. The zero-order valence-corrected chi connectivity index (χ0v) is 21.4. The number of halogens is 5. The molecular formula is C26H24BrClF3NO4. The molecule has 2 N–H and O–H groups in total. The van der Waals surface area contributed by atoms with Gasteiger partial charge in [0.2, 0.25) is 0 Å². The fourth-order valence-corrected chi connectivity index (χ4v) is 4.27. The molecule has 5 nitrogen and oxygen atoms in total. The van der Waals surface area contributed by atoms with Crippen LogP contribution in [0.4, 0.5) is 18.9 Å². The number of β-amino-alcohol motifs (C(OH)–C–C–N with tert-alkyl or cyclic N) is 1. The molecule has 0 amide bonds. The normalized spacial score (nSPS) is 13.8. The molecule has 0 aliphatic carbocycles. The van der Waals surface area contributed by atoms with E-state index in [0.717, 1.165) is 35.0 Å². The summed E-state index contributed by atoms with van der Waals surface area (Å²) in [5.41, 5.74) is 4.38. The molecule has 0 radical (unpaired) electrons. The van der Waals surface area contributed by atoms with E-state index in [1.807, 2.05) is 42.5 Å². The van der Waals surface area contributed by atoms with E-state index in [0.29, 0.717) is 23.9 Å². The number of aliphatic hydroxyl groups is 1. The number of carbonyl (C=O) groups is 1. The number of aliphatic hydroxyl groups excluding tert-OH is 1. The summed E-state index contributed by atoms with van der Waals surface area (Å²) in [6.07, 6.45) is -3.55. The third-order valence-corrected chi connectivity index (χ3v) is 6.23. The van der Waals surface area contributed by atoms with Gasteiger partial charge >= 0.3 is 12.1 Å². The molecule has 36 heavy (non-hydrogen) atoms. The van der Waals surface area contributed by atoms with E-state index in [9.17, 15) is 18.3 Å². The predicted octanol–water partition coefficient (Wildman–Crippen LogP) is 6.80. The van der Waals surface area contributed by atoms with Crippen LogP contribution in [0.5, 0.6) is 5.75 Å². The topological polar surface area (TPSA) is 70.0 Å². The molecule has 3 aromatic rings. The van der Waals surface area contributed by atoms with Crippen molar-refractivity contribution in [2.75, 3.05) is 18.0 Å². The van der Waals surface area contributed by atoms with E-state index >= 15 is 0 Å². The minimum atomic E-state index is -5.08. The number of anilines is 1. The van der Waals surface area contributed by atoms with Crippen LogP contribution in [0.15, 0.2) is 71.2 Å². The number of aliphatic carboxylic acids is 1. The second kappa shape index (κ2) is 12.5. The third kappa shape index (κ3) is 7.88. The first kappa shape index (κ1) is 27.8. The molecule has 0 aromatic heterocycles. The van der Waals surface area contributed by atoms with E-state index < -0.39 is 18.2 Å². The molecule has 0 saturated heterocycles. The van der Waals surface area contributed by atoms with Crippen LogP contribution in [0.25, 0.3) is 0 Å². The monoisotopic (exact) mass is 585 g/mol. The number of para-hydroxylation sites is 1. The lowest BCUT2D eigenvalue weighted by Crippen LogP contribution is -2.33. The van der Waals surface area contributed by atoms with Crippen LogP contribution in [-0.2, 0) is 17.8 Å². The molecule has 192 valence electrons. The maximum Gasteiger partial charge on any atom is 0.490 e. The van der Waals surface area contributed by atoms with E-state index in [2.05, 4.69) is 45.1 Å². The second-order valence-corrected chi connectivity index (χ2v) is 9.45. The van der Waals surface area contributed by atoms with Gasteiger partial charge in [-0.1, -0.05) is 57.9 Å². The van der Waals surface area contributed by atoms with Crippen molar-refractivity contribution < 1.29 is 32.9 Å². The van der Waals surface area contributed by atoms with Crippen molar-refractivity contribution in [1.29, 1.82) is 0 Å². The Bertz CT molecular complexity index is 1170. The summed E-state index contributed by atoms with van der Waals surface area (Å²) in [7, 11) is 0. The van der Waals surface area contributed by atoms with Gasteiger partial charge in [0, 0.05) is 33.8 Å². The quantitative estimate of drug-likeness (QED) is 0.333. The molecular weight excluding hydrogens is 563 g/mol. The highest BCUT2D eigenvalue weighted by Crippen LogP contribution is 2.33. The van der Waals surface area contributed by atoms with Crippen molar-refractivity contribution >= 4 is 39.2 Å². The highest BCUT2D eigenvalue weighted by molar-refractivity contribution is 9.10. The Morgan fingerprint density at radius 2 is 1.78 bits per heavy atom. The lowest BCUT2D eigenvalue weighted by Gasteiger charge is -2.33. The highest BCUT2D eigenvalue weighted by Gasteiger charge is 2.38. The summed E-state index contributed by atoms with van der Waals surface area (Å²) in [5, 5.41) is 18.9. The van der Waals surface area contributed by atoms with Gasteiger partial charge in [0.15, 0.2) is 0 Å².